The number of aryl methyl sites for hydroxylation is 1. The van der Waals surface area contributed by atoms with Gasteiger partial charge in [-0.15, -0.1) is 0 Å². The molecule has 2 N–H and O–H groups in total. The van der Waals surface area contributed by atoms with Crippen LogP contribution in [0.1, 0.15) is 32.7 Å². The fourth-order valence-electron chi connectivity index (χ4n) is 2.70. The van der Waals surface area contributed by atoms with E-state index >= 15 is 0 Å². The van der Waals surface area contributed by atoms with Crippen LogP contribution in [0.4, 0.5) is 0 Å². The van der Waals surface area contributed by atoms with Crippen molar-refractivity contribution < 1.29 is 19.4 Å². The summed E-state index contributed by atoms with van der Waals surface area (Å²) in [5, 5.41) is 10.1. The highest BCUT2D eigenvalue weighted by Gasteiger charge is 2.23. The molecule has 0 unspecified atom stereocenters. The smallest absolute Gasteiger partial charge is 0.340 e. The number of aromatic nitrogens is 1. The van der Waals surface area contributed by atoms with Crippen molar-refractivity contribution in [2.24, 2.45) is 0 Å². The number of carbonyl (C=O) groups is 2. The minimum absolute atomic E-state index is 0.171. The van der Waals surface area contributed by atoms with Crippen molar-refractivity contribution in [3.8, 4) is 5.88 Å². The van der Waals surface area contributed by atoms with Crippen molar-refractivity contribution in [2.45, 2.75) is 6.92 Å². The fraction of sp³-hybridized carbons (Fsp3) is 0.111. The van der Waals surface area contributed by atoms with E-state index in [4.69, 9.17) is 4.74 Å². The molecule has 0 bridgehead atoms. The number of benzene rings is 1. The Morgan fingerprint density at radius 2 is 2.00 bits per heavy atom. The monoisotopic (exact) mass is 309 g/mol. The van der Waals surface area contributed by atoms with Crippen LogP contribution in [0, 0.1) is 6.92 Å². The lowest BCUT2D eigenvalue weighted by atomic mass is 9.90. The van der Waals surface area contributed by atoms with Gasteiger partial charge in [0.25, 0.3) is 0 Å². The Morgan fingerprint density at radius 3 is 2.74 bits per heavy atom. The number of esters is 1. The lowest BCUT2D eigenvalue weighted by Gasteiger charge is -2.13. The molecule has 1 aromatic carbocycles. The van der Waals surface area contributed by atoms with Crippen molar-refractivity contribution in [2.75, 3.05) is 7.11 Å². The molecule has 1 heterocycles. The van der Waals surface area contributed by atoms with Crippen LogP contribution < -0.4 is 0 Å². The quantitative estimate of drug-likeness (QED) is 0.660. The van der Waals surface area contributed by atoms with Crippen molar-refractivity contribution in [1.82, 2.24) is 4.98 Å². The first kappa shape index (κ1) is 14.8. The van der Waals surface area contributed by atoms with Gasteiger partial charge in [-0.25, -0.2) is 4.79 Å². The van der Waals surface area contributed by atoms with Crippen LogP contribution in [-0.2, 0) is 9.53 Å². The van der Waals surface area contributed by atoms with Crippen molar-refractivity contribution in [3.05, 3.63) is 58.3 Å². The molecule has 0 spiro atoms. The first-order valence-electron chi connectivity index (χ1n) is 7.06. The molecule has 0 saturated heterocycles. The summed E-state index contributed by atoms with van der Waals surface area (Å²) in [6, 6.07) is 7.45. The molecule has 1 aromatic heterocycles. The van der Waals surface area contributed by atoms with E-state index in [0.29, 0.717) is 11.3 Å². The van der Waals surface area contributed by atoms with E-state index in [1.165, 1.54) is 19.3 Å². The van der Waals surface area contributed by atoms with Crippen molar-refractivity contribution >= 4 is 29.5 Å². The Bertz CT molecular complexity index is 871. The Labute approximate surface area is 132 Å². The summed E-state index contributed by atoms with van der Waals surface area (Å²) in [7, 11) is 1.27. The van der Waals surface area contributed by atoms with Gasteiger partial charge in [0.15, 0.2) is 11.7 Å². The van der Waals surface area contributed by atoms with E-state index in [1.54, 1.807) is 13.0 Å². The average molecular weight is 309 g/mol. The van der Waals surface area contributed by atoms with Gasteiger partial charge in [-0.2, -0.15) is 0 Å². The van der Waals surface area contributed by atoms with Crippen LogP contribution >= 0.6 is 0 Å². The molecule has 116 valence electrons. The van der Waals surface area contributed by atoms with Crippen LogP contribution in [0.25, 0.3) is 17.7 Å². The Kier molecular flexibility index (Phi) is 3.62. The highest BCUT2D eigenvalue weighted by atomic mass is 16.5. The molecule has 5 heteroatoms. The lowest BCUT2D eigenvalue weighted by Crippen LogP contribution is -2.06. The zero-order chi connectivity index (χ0) is 16.6. The largest absolute Gasteiger partial charge is 0.494 e. The molecule has 0 atom stereocenters. The molecule has 0 aliphatic heterocycles. The average Bonchev–Trinajstić information content (AvgIpc) is 2.83. The SMILES string of the molecule is COC(=O)c1c(C)[nH]c(O)c1C=C1C(=O)C=Cc2ccccc21. The third-order valence-corrected chi connectivity index (χ3v) is 3.81. The second-order valence-corrected chi connectivity index (χ2v) is 5.22. The van der Waals surface area contributed by atoms with E-state index in [9.17, 15) is 14.7 Å². The van der Waals surface area contributed by atoms with Crippen LogP contribution in [0.5, 0.6) is 5.88 Å². The minimum Gasteiger partial charge on any atom is -0.494 e. The Balaban J connectivity index is 2.21. The number of aromatic hydroxyl groups is 1. The molecule has 1 aliphatic rings. The van der Waals surface area contributed by atoms with E-state index < -0.39 is 5.97 Å². The number of methoxy groups -OCH3 is 1. The van der Waals surface area contributed by atoms with Gasteiger partial charge in [0, 0.05) is 11.3 Å². The Morgan fingerprint density at radius 1 is 1.26 bits per heavy atom. The molecule has 0 fully saturated rings. The first-order chi connectivity index (χ1) is 11.0. The molecular formula is C18H15NO4. The van der Waals surface area contributed by atoms with Crippen LogP contribution in [0.2, 0.25) is 0 Å². The van der Waals surface area contributed by atoms with Gasteiger partial charge >= 0.3 is 5.97 Å². The van der Waals surface area contributed by atoms with Gasteiger partial charge < -0.3 is 14.8 Å². The second kappa shape index (κ2) is 5.61. The number of ketones is 1. The third-order valence-electron chi connectivity index (χ3n) is 3.81. The molecule has 0 saturated carbocycles. The van der Waals surface area contributed by atoms with E-state index in [1.807, 2.05) is 24.3 Å². The topological polar surface area (TPSA) is 79.4 Å². The zero-order valence-corrected chi connectivity index (χ0v) is 12.7. The summed E-state index contributed by atoms with van der Waals surface area (Å²) in [6.45, 7) is 1.66. The fourth-order valence-corrected chi connectivity index (χ4v) is 2.70. The molecule has 0 amide bonds. The molecular weight excluding hydrogens is 294 g/mol. The standard InChI is InChI=1S/C18H15NO4/c1-10-16(18(22)23-2)14(17(21)19-10)9-13-12-6-4-3-5-11(12)7-8-15(13)20/h3-9,19,21H,1-2H3. The van der Waals surface area contributed by atoms with Crippen LogP contribution in [0.3, 0.4) is 0 Å². The van der Waals surface area contributed by atoms with E-state index in [2.05, 4.69) is 4.98 Å². The summed E-state index contributed by atoms with van der Waals surface area (Å²) < 4.78 is 4.76. The summed E-state index contributed by atoms with van der Waals surface area (Å²) >= 11 is 0. The lowest BCUT2D eigenvalue weighted by molar-refractivity contribution is -0.109. The highest BCUT2D eigenvalue weighted by Crippen LogP contribution is 2.33. The van der Waals surface area contributed by atoms with Gasteiger partial charge in [-0.1, -0.05) is 30.3 Å². The number of H-pyrrole nitrogens is 1. The van der Waals surface area contributed by atoms with E-state index in [0.717, 1.165) is 11.1 Å². The number of ether oxygens (including phenoxy) is 1. The molecule has 1 aliphatic carbocycles. The highest BCUT2D eigenvalue weighted by molar-refractivity contribution is 6.33. The molecule has 2 aromatic rings. The normalized spacial score (nSPS) is 14.9. The molecule has 3 rings (SSSR count). The number of allylic oxidation sites excluding steroid dienone is 2. The summed E-state index contributed by atoms with van der Waals surface area (Å²) in [6.07, 6.45) is 4.75. The number of carbonyl (C=O) groups excluding carboxylic acids is 2. The number of hydrogen-bond donors (Lipinski definition) is 2. The van der Waals surface area contributed by atoms with Gasteiger partial charge in [0.2, 0.25) is 0 Å². The summed E-state index contributed by atoms with van der Waals surface area (Å²) in [4.78, 5) is 26.9. The maximum atomic E-state index is 12.3. The van der Waals surface area contributed by atoms with Gasteiger partial charge in [-0.05, 0) is 30.2 Å². The van der Waals surface area contributed by atoms with Gasteiger partial charge in [-0.3, -0.25) is 4.79 Å². The Hall–Kier alpha value is -3.08. The zero-order valence-electron chi connectivity index (χ0n) is 12.7. The maximum Gasteiger partial charge on any atom is 0.340 e. The third kappa shape index (κ3) is 2.46. The molecule has 23 heavy (non-hydrogen) atoms. The number of nitrogens with one attached hydrogen (secondary N) is 1. The molecule has 5 nitrogen and oxygen atoms in total. The van der Waals surface area contributed by atoms with E-state index in [-0.39, 0.29) is 22.8 Å². The van der Waals surface area contributed by atoms with Crippen molar-refractivity contribution in [1.29, 1.82) is 0 Å². The number of rotatable bonds is 2. The van der Waals surface area contributed by atoms with Crippen molar-refractivity contribution in [3.63, 3.8) is 0 Å². The predicted molar refractivity (Wildman–Crippen MR) is 86.9 cm³/mol. The minimum atomic E-state index is -0.571. The summed E-state index contributed by atoms with van der Waals surface area (Å²) in [5.74, 6) is -0.925. The van der Waals surface area contributed by atoms with Gasteiger partial charge in [0.1, 0.15) is 0 Å². The number of aromatic amines is 1. The predicted octanol–water partition coefficient (Wildman–Crippen LogP) is 2.95. The first-order valence-corrected chi connectivity index (χ1v) is 7.06. The van der Waals surface area contributed by atoms with Crippen LogP contribution in [0.15, 0.2) is 30.3 Å². The number of hydrogen-bond acceptors (Lipinski definition) is 4. The number of fused-ring (bicyclic) bond motifs is 1. The molecule has 0 radical (unpaired) electrons. The maximum absolute atomic E-state index is 12.3. The summed E-state index contributed by atoms with van der Waals surface area (Å²) in [5.41, 5.74) is 3.04. The second-order valence-electron chi connectivity index (χ2n) is 5.22. The van der Waals surface area contributed by atoms with Crippen LogP contribution in [-0.4, -0.2) is 29.0 Å². The van der Waals surface area contributed by atoms with Gasteiger partial charge in [0.05, 0.1) is 18.2 Å².